The van der Waals surface area contributed by atoms with Gasteiger partial charge in [0.2, 0.25) is 0 Å². The van der Waals surface area contributed by atoms with Crippen LogP contribution in [0.1, 0.15) is 25.7 Å². The second-order valence-corrected chi connectivity index (χ2v) is 5.95. The van der Waals surface area contributed by atoms with Gasteiger partial charge in [0.15, 0.2) is 0 Å². The molecule has 0 aliphatic heterocycles. The molecule has 0 amide bonds. The lowest BCUT2D eigenvalue weighted by Gasteiger charge is -2.25. The van der Waals surface area contributed by atoms with Gasteiger partial charge >= 0.3 is 0 Å². The van der Waals surface area contributed by atoms with Crippen LogP contribution in [0.15, 0.2) is 16.6 Å². The summed E-state index contributed by atoms with van der Waals surface area (Å²) in [5.41, 5.74) is 0.0518. The Morgan fingerprint density at radius 3 is 2.65 bits per heavy atom. The molecular weight excluding hydrogens is 331 g/mol. The van der Waals surface area contributed by atoms with Crippen LogP contribution in [-0.2, 0) is 0 Å². The minimum absolute atomic E-state index is 0.0792. The summed E-state index contributed by atoms with van der Waals surface area (Å²) in [5, 5.41) is 23.4. The van der Waals surface area contributed by atoms with Gasteiger partial charge in [0.25, 0.3) is 5.69 Å². The van der Waals surface area contributed by atoms with Crippen molar-refractivity contribution in [3.63, 3.8) is 0 Å². The van der Waals surface area contributed by atoms with Crippen LogP contribution in [0.25, 0.3) is 0 Å². The van der Waals surface area contributed by atoms with Crippen molar-refractivity contribution in [3.8, 4) is 0 Å². The molecule has 1 fully saturated rings. The number of nitrogens with one attached hydrogen (secondary N) is 1. The molecule has 0 bridgehead atoms. The van der Waals surface area contributed by atoms with Crippen LogP contribution in [-0.4, -0.2) is 22.7 Å². The first-order chi connectivity index (χ1) is 9.47. The van der Waals surface area contributed by atoms with E-state index in [0.717, 1.165) is 31.7 Å². The molecule has 5 nitrogen and oxygen atoms in total. The number of rotatable bonds is 4. The number of aliphatic hydroxyl groups is 1. The van der Waals surface area contributed by atoms with Crippen molar-refractivity contribution in [2.45, 2.75) is 31.8 Å². The maximum absolute atomic E-state index is 13.5. The van der Waals surface area contributed by atoms with Gasteiger partial charge in [-0.25, -0.2) is 4.39 Å². The molecule has 7 heteroatoms. The van der Waals surface area contributed by atoms with Crippen LogP contribution >= 0.6 is 15.9 Å². The van der Waals surface area contributed by atoms with E-state index in [1.807, 2.05) is 0 Å². The van der Waals surface area contributed by atoms with E-state index < -0.39 is 10.7 Å². The van der Waals surface area contributed by atoms with Gasteiger partial charge in [0.05, 0.1) is 15.5 Å². The summed E-state index contributed by atoms with van der Waals surface area (Å²) >= 11 is 2.95. The van der Waals surface area contributed by atoms with Crippen molar-refractivity contribution in [1.29, 1.82) is 0 Å². The lowest BCUT2D eigenvalue weighted by atomic mass is 9.87. The molecule has 0 atom stereocenters. The maximum Gasteiger partial charge on any atom is 0.293 e. The van der Waals surface area contributed by atoms with Crippen molar-refractivity contribution in [1.82, 2.24) is 0 Å². The smallest absolute Gasteiger partial charge is 0.293 e. The Morgan fingerprint density at radius 2 is 2.05 bits per heavy atom. The van der Waals surface area contributed by atoms with Crippen molar-refractivity contribution >= 4 is 27.3 Å². The summed E-state index contributed by atoms with van der Waals surface area (Å²) in [6.07, 6.45) is 3.03. The number of aliphatic hydroxyl groups excluding tert-OH is 1. The number of halogens is 2. The highest BCUT2D eigenvalue weighted by Crippen LogP contribution is 2.32. The van der Waals surface area contributed by atoms with Crippen LogP contribution in [0.5, 0.6) is 0 Å². The van der Waals surface area contributed by atoms with E-state index in [0.29, 0.717) is 12.5 Å². The fraction of sp³-hybridized carbons (Fsp3) is 0.538. The summed E-state index contributed by atoms with van der Waals surface area (Å²) in [6, 6.07) is 2.31. The van der Waals surface area contributed by atoms with E-state index in [1.165, 1.54) is 6.07 Å². The van der Waals surface area contributed by atoms with Crippen LogP contribution in [0.3, 0.4) is 0 Å². The molecule has 0 spiro atoms. The molecule has 1 aromatic rings. The van der Waals surface area contributed by atoms with E-state index in [9.17, 15) is 19.6 Å². The molecule has 1 saturated carbocycles. The first-order valence-corrected chi connectivity index (χ1v) is 7.32. The van der Waals surface area contributed by atoms with E-state index in [1.54, 1.807) is 0 Å². The fourth-order valence-corrected chi connectivity index (χ4v) is 2.76. The standard InChI is InChI=1S/C13H16BrFN2O3/c14-10-5-13(17(19)20)12(6-11(10)15)16-7-8-1-3-9(18)4-2-8/h5-6,8-9,16,18H,1-4,7H2. The summed E-state index contributed by atoms with van der Waals surface area (Å²) in [7, 11) is 0. The van der Waals surface area contributed by atoms with Crippen LogP contribution < -0.4 is 5.32 Å². The monoisotopic (exact) mass is 346 g/mol. The van der Waals surface area contributed by atoms with E-state index in [-0.39, 0.29) is 22.0 Å². The molecule has 0 saturated heterocycles. The van der Waals surface area contributed by atoms with Crippen LogP contribution in [0.2, 0.25) is 0 Å². The molecule has 2 rings (SSSR count). The Labute approximate surface area is 124 Å². The average Bonchev–Trinajstić information content (AvgIpc) is 2.41. The van der Waals surface area contributed by atoms with Crippen molar-refractivity contribution < 1.29 is 14.4 Å². The Morgan fingerprint density at radius 1 is 1.40 bits per heavy atom. The Kier molecular flexibility index (Phi) is 4.93. The molecule has 20 heavy (non-hydrogen) atoms. The predicted octanol–water partition coefficient (Wildman–Crippen LogP) is 3.46. The van der Waals surface area contributed by atoms with Gasteiger partial charge in [-0.2, -0.15) is 0 Å². The van der Waals surface area contributed by atoms with Gasteiger partial charge in [-0.15, -0.1) is 0 Å². The SMILES string of the molecule is O=[N+]([O-])c1cc(Br)c(F)cc1NCC1CCC(O)CC1. The zero-order valence-corrected chi connectivity index (χ0v) is 12.4. The third-order valence-electron chi connectivity index (χ3n) is 3.63. The molecule has 0 radical (unpaired) electrons. The molecule has 0 aromatic heterocycles. The summed E-state index contributed by atoms with van der Waals surface area (Å²) in [4.78, 5) is 10.4. The molecule has 2 N–H and O–H groups in total. The molecule has 0 heterocycles. The highest BCUT2D eigenvalue weighted by atomic mass is 79.9. The zero-order valence-electron chi connectivity index (χ0n) is 10.8. The summed E-state index contributed by atoms with van der Waals surface area (Å²) in [5.74, 6) is -0.179. The van der Waals surface area contributed by atoms with E-state index in [4.69, 9.17) is 0 Å². The number of nitro groups is 1. The minimum atomic E-state index is -0.531. The van der Waals surface area contributed by atoms with Gasteiger partial charge < -0.3 is 10.4 Å². The number of anilines is 1. The number of hydrogen-bond donors (Lipinski definition) is 2. The van der Waals surface area contributed by atoms with Gasteiger partial charge in [0, 0.05) is 18.7 Å². The normalized spacial score (nSPS) is 22.6. The highest BCUT2D eigenvalue weighted by Gasteiger charge is 2.21. The van der Waals surface area contributed by atoms with E-state index >= 15 is 0 Å². The second-order valence-electron chi connectivity index (χ2n) is 5.10. The Bertz CT molecular complexity index is 505. The molecule has 110 valence electrons. The van der Waals surface area contributed by atoms with Crippen molar-refractivity contribution in [2.75, 3.05) is 11.9 Å². The van der Waals surface area contributed by atoms with E-state index in [2.05, 4.69) is 21.2 Å². The quantitative estimate of drug-likeness (QED) is 0.646. The van der Waals surface area contributed by atoms with Crippen molar-refractivity contribution in [2.24, 2.45) is 5.92 Å². The molecule has 1 aromatic carbocycles. The fourth-order valence-electron chi connectivity index (χ4n) is 2.43. The summed E-state index contributed by atoms with van der Waals surface area (Å²) < 4.78 is 13.6. The van der Waals surface area contributed by atoms with Gasteiger partial charge in [-0.1, -0.05) is 0 Å². The van der Waals surface area contributed by atoms with Crippen LogP contribution in [0.4, 0.5) is 15.8 Å². The Hall–Kier alpha value is -1.21. The average molecular weight is 347 g/mol. The number of hydrogen-bond acceptors (Lipinski definition) is 4. The first kappa shape index (κ1) is 15.2. The van der Waals surface area contributed by atoms with Gasteiger partial charge in [-0.05, 0) is 47.5 Å². The predicted molar refractivity (Wildman–Crippen MR) is 77.2 cm³/mol. The minimum Gasteiger partial charge on any atom is -0.393 e. The summed E-state index contributed by atoms with van der Waals surface area (Å²) in [6.45, 7) is 0.550. The third-order valence-corrected chi connectivity index (χ3v) is 4.24. The number of nitrogens with zero attached hydrogens (tertiary/aromatic N) is 1. The number of benzene rings is 1. The number of nitro benzene ring substituents is 1. The molecule has 1 aliphatic rings. The first-order valence-electron chi connectivity index (χ1n) is 6.52. The van der Waals surface area contributed by atoms with Crippen molar-refractivity contribution in [3.05, 3.63) is 32.5 Å². The largest absolute Gasteiger partial charge is 0.393 e. The maximum atomic E-state index is 13.5. The second kappa shape index (κ2) is 6.49. The molecular formula is C13H16BrFN2O3. The molecule has 0 unspecified atom stereocenters. The zero-order chi connectivity index (χ0) is 14.7. The van der Waals surface area contributed by atoms with Gasteiger partial charge in [-0.3, -0.25) is 10.1 Å². The topological polar surface area (TPSA) is 75.4 Å². The van der Waals surface area contributed by atoms with Crippen LogP contribution in [0, 0.1) is 21.8 Å². The lowest BCUT2D eigenvalue weighted by molar-refractivity contribution is -0.384. The Balaban J connectivity index is 2.05. The molecule has 1 aliphatic carbocycles. The van der Waals surface area contributed by atoms with Gasteiger partial charge in [0.1, 0.15) is 11.5 Å². The third kappa shape index (κ3) is 3.67. The lowest BCUT2D eigenvalue weighted by Crippen LogP contribution is -2.23. The highest BCUT2D eigenvalue weighted by molar-refractivity contribution is 9.10.